The van der Waals surface area contributed by atoms with Crippen molar-refractivity contribution < 1.29 is 13.2 Å². The van der Waals surface area contributed by atoms with Crippen molar-refractivity contribution in [2.24, 2.45) is 0 Å². The maximum Gasteiger partial charge on any atom is 0.251 e. The number of nitrogens with one attached hydrogen (secondary N) is 2. The Morgan fingerprint density at radius 3 is 2.40 bits per heavy atom. The van der Waals surface area contributed by atoms with Gasteiger partial charge < -0.3 is 10.6 Å². The number of halogens is 1. The Kier molecular flexibility index (Phi) is 8.34. The maximum atomic E-state index is 12.7. The Balaban J connectivity index is 0.00000312. The molecule has 1 amide bonds. The summed E-state index contributed by atoms with van der Waals surface area (Å²) in [5.74, 6) is -0.198. The largest absolute Gasteiger partial charge is 0.349 e. The Hall–Kier alpha value is -1.15. The molecule has 8 heteroatoms. The van der Waals surface area contributed by atoms with Crippen molar-refractivity contribution in [3.8, 4) is 0 Å². The predicted octanol–water partition coefficient (Wildman–Crippen LogP) is 1.93. The second kappa shape index (κ2) is 9.52. The smallest absolute Gasteiger partial charge is 0.251 e. The van der Waals surface area contributed by atoms with Gasteiger partial charge in [0, 0.05) is 24.7 Å². The number of piperidine rings is 1. The molecule has 0 radical (unpaired) electrons. The van der Waals surface area contributed by atoms with E-state index in [-0.39, 0.29) is 29.3 Å². The zero-order valence-corrected chi connectivity index (χ0v) is 16.7. The summed E-state index contributed by atoms with van der Waals surface area (Å²) in [7, 11) is -3.56. The number of nitrogens with zero attached hydrogens (tertiary/aromatic N) is 1. The third kappa shape index (κ3) is 5.17. The number of carbonyl (C=O) groups excluding carboxylic acids is 1. The van der Waals surface area contributed by atoms with E-state index in [1.165, 1.54) is 10.4 Å². The zero-order chi connectivity index (χ0) is 17.7. The summed E-state index contributed by atoms with van der Waals surface area (Å²) in [5.41, 5.74) is 1.21. The fourth-order valence-corrected chi connectivity index (χ4v) is 4.43. The SMILES string of the molecule is CCN(CC)S(=O)(=O)c1ccc(C)c(C(=O)NC2CCNCC2)c1.Cl. The molecule has 0 saturated carbocycles. The molecule has 2 rings (SSSR count). The third-order valence-electron chi connectivity index (χ3n) is 4.47. The minimum Gasteiger partial charge on any atom is -0.349 e. The van der Waals surface area contributed by atoms with Crippen LogP contribution in [0.15, 0.2) is 23.1 Å². The molecule has 25 heavy (non-hydrogen) atoms. The van der Waals surface area contributed by atoms with Crippen LogP contribution in [0.2, 0.25) is 0 Å². The third-order valence-corrected chi connectivity index (χ3v) is 6.52. The molecule has 0 unspecified atom stereocenters. The minimum absolute atomic E-state index is 0. The Bertz CT molecular complexity index is 684. The Labute approximate surface area is 156 Å². The second-order valence-electron chi connectivity index (χ2n) is 6.06. The first-order chi connectivity index (χ1) is 11.4. The summed E-state index contributed by atoms with van der Waals surface area (Å²) >= 11 is 0. The highest BCUT2D eigenvalue weighted by atomic mass is 35.5. The lowest BCUT2D eigenvalue weighted by Gasteiger charge is -2.24. The first kappa shape index (κ1) is 21.9. The lowest BCUT2D eigenvalue weighted by atomic mass is 10.0. The van der Waals surface area contributed by atoms with Crippen molar-refractivity contribution in [2.75, 3.05) is 26.2 Å². The summed E-state index contributed by atoms with van der Waals surface area (Å²) < 4.78 is 26.7. The maximum absolute atomic E-state index is 12.7. The molecule has 1 aromatic carbocycles. The van der Waals surface area contributed by atoms with Gasteiger partial charge in [-0.3, -0.25) is 4.79 Å². The summed E-state index contributed by atoms with van der Waals surface area (Å²) in [6, 6.07) is 4.92. The van der Waals surface area contributed by atoms with E-state index in [1.54, 1.807) is 26.0 Å². The fraction of sp³-hybridized carbons (Fsp3) is 0.588. The molecule has 1 fully saturated rings. The van der Waals surface area contributed by atoms with Crippen LogP contribution in [0.5, 0.6) is 0 Å². The summed E-state index contributed by atoms with van der Waals surface area (Å²) in [6.07, 6.45) is 1.78. The van der Waals surface area contributed by atoms with Crippen LogP contribution in [0.3, 0.4) is 0 Å². The highest BCUT2D eigenvalue weighted by molar-refractivity contribution is 7.89. The molecule has 0 bridgehead atoms. The Morgan fingerprint density at radius 2 is 1.84 bits per heavy atom. The second-order valence-corrected chi connectivity index (χ2v) is 8.00. The first-order valence-electron chi connectivity index (χ1n) is 8.52. The average molecular weight is 390 g/mol. The highest BCUT2D eigenvalue weighted by Crippen LogP contribution is 2.20. The van der Waals surface area contributed by atoms with Crippen molar-refractivity contribution in [2.45, 2.75) is 44.6 Å². The standard InChI is InChI=1S/C17H27N3O3S.ClH/c1-4-20(5-2)24(22,23)15-7-6-13(3)16(12-15)17(21)19-14-8-10-18-11-9-14;/h6-7,12,14,18H,4-5,8-11H2,1-3H3,(H,19,21);1H. The number of aryl methyl sites for hydroxylation is 1. The lowest BCUT2D eigenvalue weighted by molar-refractivity contribution is 0.0928. The molecule has 0 atom stereocenters. The average Bonchev–Trinajstić information content (AvgIpc) is 2.56. The zero-order valence-electron chi connectivity index (χ0n) is 15.0. The van der Waals surface area contributed by atoms with Crippen molar-refractivity contribution in [1.29, 1.82) is 0 Å². The summed E-state index contributed by atoms with van der Waals surface area (Å²) in [4.78, 5) is 12.8. The molecule has 1 saturated heterocycles. The summed E-state index contributed by atoms with van der Waals surface area (Å²) in [6.45, 7) is 8.03. The molecule has 0 spiro atoms. The van der Waals surface area contributed by atoms with Crippen molar-refractivity contribution in [3.05, 3.63) is 29.3 Å². The monoisotopic (exact) mass is 389 g/mol. The van der Waals surface area contributed by atoms with Crippen LogP contribution in [0.4, 0.5) is 0 Å². The van der Waals surface area contributed by atoms with Gasteiger partial charge >= 0.3 is 0 Å². The van der Waals surface area contributed by atoms with E-state index >= 15 is 0 Å². The fourth-order valence-electron chi connectivity index (χ4n) is 2.95. The van der Waals surface area contributed by atoms with E-state index in [0.29, 0.717) is 18.7 Å². The molecule has 1 aliphatic rings. The number of sulfonamides is 1. The molecule has 0 aromatic heterocycles. The van der Waals surface area contributed by atoms with Crippen LogP contribution in [-0.4, -0.2) is 50.9 Å². The van der Waals surface area contributed by atoms with E-state index < -0.39 is 10.0 Å². The van der Waals surface area contributed by atoms with E-state index in [4.69, 9.17) is 0 Å². The summed E-state index contributed by atoms with van der Waals surface area (Å²) in [5, 5.41) is 6.28. The van der Waals surface area contributed by atoms with Gasteiger partial charge in [0.05, 0.1) is 4.90 Å². The minimum atomic E-state index is -3.56. The van der Waals surface area contributed by atoms with Gasteiger partial charge in [-0.1, -0.05) is 19.9 Å². The molecule has 6 nitrogen and oxygen atoms in total. The lowest BCUT2D eigenvalue weighted by Crippen LogP contribution is -2.43. The number of carbonyl (C=O) groups is 1. The number of rotatable bonds is 6. The van der Waals surface area contributed by atoms with Crippen molar-refractivity contribution >= 4 is 28.3 Å². The highest BCUT2D eigenvalue weighted by Gasteiger charge is 2.24. The van der Waals surface area contributed by atoms with Gasteiger partial charge in [0.15, 0.2) is 0 Å². The van der Waals surface area contributed by atoms with Crippen LogP contribution < -0.4 is 10.6 Å². The van der Waals surface area contributed by atoms with Gasteiger partial charge in [0.1, 0.15) is 0 Å². The van der Waals surface area contributed by atoms with Gasteiger partial charge in [0.25, 0.3) is 5.91 Å². The molecule has 1 aliphatic heterocycles. The molecule has 142 valence electrons. The number of amides is 1. The molecule has 1 heterocycles. The van der Waals surface area contributed by atoms with Gasteiger partial charge in [-0.2, -0.15) is 4.31 Å². The molecule has 1 aromatic rings. The van der Waals surface area contributed by atoms with Crippen molar-refractivity contribution in [3.63, 3.8) is 0 Å². The number of hydrogen-bond acceptors (Lipinski definition) is 4. The molecule has 0 aliphatic carbocycles. The van der Waals surface area contributed by atoms with Gasteiger partial charge in [-0.05, 0) is 50.6 Å². The molecular formula is C17H28ClN3O3S. The van der Waals surface area contributed by atoms with Crippen LogP contribution in [-0.2, 0) is 10.0 Å². The Morgan fingerprint density at radius 1 is 1.24 bits per heavy atom. The molecule has 2 N–H and O–H groups in total. The van der Waals surface area contributed by atoms with Crippen molar-refractivity contribution in [1.82, 2.24) is 14.9 Å². The van der Waals surface area contributed by atoms with Gasteiger partial charge in [-0.15, -0.1) is 12.4 Å². The molecular weight excluding hydrogens is 362 g/mol. The van der Waals surface area contributed by atoms with Gasteiger partial charge in [-0.25, -0.2) is 8.42 Å². The van der Waals surface area contributed by atoms with E-state index in [1.807, 2.05) is 6.92 Å². The van der Waals surface area contributed by atoms with E-state index in [2.05, 4.69) is 10.6 Å². The van der Waals surface area contributed by atoms with Crippen LogP contribution in [0, 0.1) is 6.92 Å². The predicted molar refractivity (Wildman–Crippen MR) is 102 cm³/mol. The normalized spacial score (nSPS) is 15.7. The van der Waals surface area contributed by atoms with Gasteiger partial charge in [0.2, 0.25) is 10.0 Å². The van der Waals surface area contributed by atoms with E-state index in [9.17, 15) is 13.2 Å². The van der Waals surface area contributed by atoms with Crippen LogP contribution >= 0.6 is 12.4 Å². The number of benzene rings is 1. The van der Waals surface area contributed by atoms with E-state index in [0.717, 1.165) is 31.5 Å². The van der Waals surface area contributed by atoms with Crippen LogP contribution in [0.25, 0.3) is 0 Å². The number of hydrogen-bond donors (Lipinski definition) is 2. The topological polar surface area (TPSA) is 78.5 Å². The first-order valence-corrected chi connectivity index (χ1v) is 9.96. The quantitative estimate of drug-likeness (QED) is 0.779. The van der Waals surface area contributed by atoms with Crippen LogP contribution in [0.1, 0.15) is 42.6 Å².